The summed E-state index contributed by atoms with van der Waals surface area (Å²) in [6, 6.07) is 8.18. The number of hydrogen-bond acceptors (Lipinski definition) is 4. The van der Waals surface area contributed by atoms with Gasteiger partial charge in [-0.15, -0.1) is 0 Å². The van der Waals surface area contributed by atoms with Gasteiger partial charge in [0.25, 0.3) is 0 Å². The van der Waals surface area contributed by atoms with Crippen LogP contribution in [0.4, 0.5) is 0 Å². The van der Waals surface area contributed by atoms with Crippen molar-refractivity contribution in [3.63, 3.8) is 0 Å². The van der Waals surface area contributed by atoms with Gasteiger partial charge in [-0.3, -0.25) is 4.90 Å². The summed E-state index contributed by atoms with van der Waals surface area (Å²) >= 11 is 0. The maximum absolute atomic E-state index is 12.4. The number of likely N-dealkylation sites (tertiary alicyclic amines) is 1. The molecule has 0 aromatic heterocycles. The summed E-state index contributed by atoms with van der Waals surface area (Å²) < 4.78 is 31.8. The highest BCUT2D eigenvalue weighted by Crippen LogP contribution is 2.32. The minimum atomic E-state index is -3.09. The van der Waals surface area contributed by atoms with Gasteiger partial charge in [0.15, 0.2) is 0 Å². The van der Waals surface area contributed by atoms with Crippen LogP contribution in [0.15, 0.2) is 24.3 Å². The van der Waals surface area contributed by atoms with Crippen molar-refractivity contribution in [2.45, 2.75) is 43.5 Å². The van der Waals surface area contributed by atoms with Gasteiger partial charge < -0.3 is 4.74 Å². The van der Waals surface area contributed by atoms with E-state index in [1.165, 1.54) is 5.56 Å². The fraction of sp³-hybridized carbons (Fsp3) is 0.647. The molecule has 5 nitrogen and oxygen atoms in total. The molecule has 0 bridgehead atoms. The lowest BCUT2D eigenvalue weighted by molar-refractivity contribution is 0.153. The van der Waals surface area contributed by atoms with Crippen LogP contribution in [-0.4, -0.2) is 56.2 Å². The Morgan fingerprint density at radius 3 is 2.78 bits per heavy atom. The Morgan fingerprint density at radius 1 is 1.30 bits per heavy atom. The quantitative estimate of drug-likeness (QED) is 0.797. The highest BCUT2D eigenvalue weighted by Gasteiger charge is 2.41. The summed E-state index contributed by atoms with van der Waals surface area (Å²) in [6.07, 6.45) is 3.65. The van der Waals surface area contributed by atoms with Crippen LogP contribution in [0.3, 0.4) is 0 Å². The number of rotatable bonds is 6. The zero-order chi connectivity index (χ0) is 16.4. The maximum atomic E-state index is 12.4. The van der Waals surface area contributed by atoms with Gasteiger partial charge >= 0.3 is 0 Å². The van der Waals surface area contributed by atoms with E-state index in [1.54, 1.807) is 18.5 Å². The molecule has 0 amide bonds. The number of ether oxygens (including phenoxy) is 1. The molecule has 6 heteroatoms. The SMILES string of the molecule is COc1cccc(CN2CCCC(N(C)S(=O)(=O)C3CC3)C2)c1. The molecular formula is C17H26N2O3S. The van der Waals surface area contributed by atoms with Gasteiger partial charge in [0.1, 0.15) is 5.75 Å². The predicted octanol–water partition coefficient (Wildman–Crippen LogP) is 2.08. The third-order valence-electron chi connectivity index (χ3n) is 4.88. The van der Waals surface area contributed by atoms with E-state index in [-0.39, 0.29) is 11.3 Å². The summed E-state index contributed by atoms with van der Waals surface area (Å²) in [5.41, 5.74) is 1.21. The van der Waals surface area contributed by atoms with E-state index in [2.05, 4.69) is 11.0 Å². The second kappa shape index (κ2) is 6.79. The second-order valence-corrected chi connectivity index (χ2v) is 8.92. The van der Waals surface area contributed by atoms with Crippen LogP contribution < -0.4 is 4.74 Å². The topological polar surface area (TPSA) is 49.9 Å². The molecule has 1 heterocycles. The monoisotopic (exact) mass is 338 g/mol. The van der Waals surface area contributed by atoms with E-state index in [0.29, 0.717) is 0 Å². The van der Waals surface area contributed by atoms with Gasteiger partial charge in [0.2, 0.25) is 10.0 Å². The van der Waals surface area contributed by atoms with Gasteiger partial charge in [-0.25, -0.2) is 12.7 Å². The largest absolute Gasteiger partial charge is 0.497 e. The number of sulfonamides is 1. The predicted molar refractivity (Wildman–Crippen MR) is 91.0 cm³/mol. The molecule has 1 saturated carbocycles. The average Bonchev–Trinajstić information content (AvgIpc) is 3.40. The van der Waals surface area contributed by atoms with Gasteiger partial charge in [-0.1, -0.05) is 12.1 Å². The van der Waals surface area contributed by atoms with Crippen molar-refractivity contribution in [3.05, 3.63) is 29.8 Å². The average molecular weight is 338 g/mol. The van der Waals surface area contributed by atoms with Crippen LogP contribution in [0, 0.1) is 0 Å². The van der Waals surface area contributed by atoms with Crippen LogP contribution in [0.25, 0.3) is 0 Å². The lowest BCUT2D eigenvalue weighted by atomic mass is 10.0. The molecule has 128 valence electrons. The van der Waals surface area contributed by atoms with Crippen molar-refractivity contribution < 1.29 is 13.2 Å². The first-order chi connectivity index (χ1) is 11.0. The highest BCUT2D eigenvalue weighted by atomic mass is 32.2. The Bertz CT molecular complexity index is 643. The number of likely N-dealkylation sites (N-methyl/N-ethyl adjacent to an activating group) is 1. The Labute approximate surface area is 139 Å². The van der Waals surface area contributed by atoms with E-state index < -0.39 is 10.0 Å². The summed E-state index contributed by atoms with van der Waals surface area (Å²) in [5.74, 6) is 0.865. The standard InChI is InChI=1S/C17H26N2O3S/c1-18(23(20,21)17-8-9-17)15-6-4-10-19(13-15)12-14-5-3-7-16(11-14)22-2/h3,5,7,11,15,17H,4,6,8-10,12-13H2,1-2H3. The minimum absolute atomic E-state index is 0.0972. The van der Waals surface area contributed by atoms with E-state index in [9.17, 15) is 8.42 Å². The molecule has 1 aliphatic carbocycles. The molecule has 1 atom stereocenters. The summed E-state index contributed by atoms with van der Waals surface area (Å²) in [4.78, 5) is 2.35. The Hall–Kier alpha value is -1.11. The Morgan fingerprint density at radius 2 is 2.09 bits per heavy atom. The van der Waals surface area contributed by atoms with Crippen LogP contribution >= 0.6 is 0 Å². The van der Waals surface area contributed by atoms with Crippen molar-refractivity contribution in [2.24, 2.45) is 0 Å². The fourth-order valence-electron chi connectivity index (χ4n) is 3.31. The number of piperidine rings is 1. The zero-order valence-electron chi connectivity index (χ0n) is 13.9. The van der Waals surface area contributed by atoms with Crippen molar-refractivity contribution in [3.8, 4) is 5.75 Å². The molecule has 0 spiro atoms. The van der Waals surface area contributed by atoms with Gasteiger partial charge in [-0.2, -0.15) is 0 Å². The van der Waals surface area contributed by atoms with E-state index in [4.69, 9.17) is 4.74 Å². The molecule has 2 fully saturated rings. The summed E-state index contributed by atoms with van der Waals surface area (Å²) in [5, 5.41) is -0.124. The maximum Gasteiger partial charge on any atom is 0.217 e. The molecule has 0 radical (unpaired) electrons. The van der Waals surface area contributed by atoms with E-state index in [0.717, 1.165) is 51.1 Å². The number of benzene rings is 1. The zero-order valence-corrected chi connectivity index (χ0v) is 14.8. The van der Waals surface area contributed by atoms with Crippen LogP contribution in [-0.2, 0) is 16.6 Å². The van der Waals surface area contributed by atoms with Crippen molar-refractivity contribution >= 4 is 10.0 Å². The summed E-state index contributed by atoms with van der Waals surface area (Å²) in [6.45, 7) is 2.66. The third-order valence-corrected chi connectivity index (χ3v) is 7.30. The number of nitrogens with zero attached hydrogens (tertiary/aromatic N) is 2. The summed E-state index contributed by atoms with van der Waals surface area (Å²) in [7, 11) is 0.346. The Balaban J connectivity index is 1.63. The second-order valence-electron chi connectivity index (χ2n) is 6.64. The molecule has 1 aliphatic heterocycles. The molecular weight excluding hydrogens is 312 g/mol. The minimum Gasteiger partial charge on any atom is -0.497 e. The van der Waals surface area contributed by atoms with Crippen molar-refractivity contribution in [2.75, 3.05) is 27.2 Å². The molecule has 2 aliphatic rings. The molecule has 1 aromatic rings. The molecule has 3 rings (SSSR count). The lowest BCUT2D eigenvalue weighted by Gasteiger charge is -2.37. The molecule has 23 heavy (non-hydrogen) atoms. The van der Waals surface area contributed by atoms with Crippen LogP contribution in [0.5, 0.6) is 5.75 Å². The van der Waals surface area contributed by atoms with Crippen LogP contribution in [0.2, 0.25) is 0 Å². The molecule has 1 unspecified atom stereocenters. The number of hydrogen-bond donors (Lipinski definition) is 0. The highest BCUT2D eigenvalue weighted by molar-refractivity contribution is 7.90. The fourth-order valence-corrected chi connectivity index (χ4v) is 5.10. The smallest absolute Gasteiger partial charge is 0.217 e. The third kappa shape index (κ3) is 3.87. The first-order valence-corrected chi connectivity index (χ1v) is 9.83. The van der Waals surface area contributed by atoms with E-state index >= 15 is 0 Å². The molecule has 1 aromatic carbocycles. The van der Waals surface area contributed by atoms with Gasteiger partial charge in [0, 0.05) is 26.2 Å². The molecule has 1 saturated heterocycles. The van der Waals surface area contributed by atoms with E-state index in [1.807, 2.05) is 18.2 Å². The number of methoxy groups -OCH3 is 1. The lowest BCUT2D eigenvalue weighted by Crippen LogP contribution is -2.48. The van der Waals surface area contributed by atoms with Crippen molar-refractivity contribution in [1.29, 1.82) is 0 Å². The normalized spacial score (nSPS) is 23.2. The Kier molecular flexibility index (Phi) is 4.94. The van der Waals surface area contributed by atoms with Gasteiger partial charge in [0.05, 0.1) is 12.4 Å². The van der Waals surface area contributed by atoms with Crippen LogP contribution in [0.1, 0.15) is 31.2 Å². The van der Waals surface area contributed by atoms with Gasteiger partial charge in [-0.05, 0) is 49.9 Å². The first kappa shape index (κ1) is 16.7. The first-order valence-electron chi connectivity index (χ1n) is 8.33. The van der Waals surface area contributed by atoms with Crippen molar-refractivity contribution in [1.82, 2.24) is 9.21 Å². The molecule has 0 N–H and O–H groups in total.